The summed E-state index contributed by atoms with van der Waals surface area (Å²) < 4.78 is 10.4. The minimum Gasteiger partial charge on any atom is -0.493 e. The van der Waals surface area contributed by atoms with Gasteiger partial charge in [0.2, 0.25) is 0 Å². The Morgan fingerprint density at radius 2 is 2.18 bits per heavy atom. The topological polar surface area (TPSA) is 95.1 Å². The molecule has 1 aromatic rings. The molecule has 1 aromatic carbocycles. The second-order valence-electron chi connectivity index (χ2n) is 4.77. The molecule has 6 nitrogen and oxygen atoms in total. The van der Waals surface area contributed by atoms with Crippen molar-refractivity contribution in [2.75, 3.05) is 13.7 Å². The Morgan fingerprint density at radius 1 is 1.41 bits per heavy atom. The van der Waals surface area contributed by atoms with E-state index in [1.807, 2.05) is 12.1 Å². The van der Waals surface area contributed by atoms with Gasteiger partial charge in [0.1, 0.15) is 17.7 Å². The zero-order chi connectivity index (χ0) is 15.9. The molecule has 0 spiro atoms. The molecule has 1 N–H and O–H groups in total. The Hall–Kier alpha value is -2.99. The average Bonchev–Trinajstić information content (AvgIpc) is 3.34. The van der Waals surface area contributed by atoms with Gasteiger partial charge >= 0.3 is 0 Å². The Balaban J connectivity index is 2.19. The number of ether oxygens (including phenoxy) is 2. The highest BCUT2D eigenvalue weighted by molar-refractivity contribution is 6.02. The van der Waals surface area contributed by atoms with Crippen molar-refractivity contribution in [1.29, 1.82) is 10.5 Å². The summed E-state index contributed by atoms with van der Waals surface area (Å²) in [5.41, 5.74) is 0.684. The van der Waals surface area contributed by atoms with Crippen LogP contribution in [0.3, 0.4) is 0 Å². The lowest BCUT2D eigenvalue weighted by atomic mass is 10.1. The van der Waals surface area contributed by atoms with Gasteiger partial charge in [0, 0.05) is 6.04 Å². The third-order valence-electron chi connectivity index (χ3n) is 3.07. The normalized spacial score (nSPS) is 13.7. The van der Waals surface area contributed by atoms with Crippen molar-refractivity contribution in [3.8, 4) is 23.6 Å². The van der Waals surface area contributed by atoms with E-state index in [4.69, 9.17) is 20.0 Å². The maximum atomic E-state index is 11.9. The fourth-order valence-corrected chi connectivity index (χ4v) is 1.81. The molecule has 0 radical (unpaired) electrons. The van der Waals surface area contributed by atoms with E-state index in [1.54, 1.807) is 18.2 Å². The molecular weight excluding hydrogens is 282 g/mol. The van der Waals surface area contributed by atoms with Gasteiger partial charge in [-0.3, -0.25) is 4.79 Å². The number of rotatable bonds is 6. The largest absolute Gasteiger partial charge is 0.493 e. The Morgan fingerprint density at radius 3 is 2.77 bits per heavy atom. The number of nitrogens with one attached hydrogen (secondary N) is 1. The third kappa shape index (κ3) is 4.00. The summed E-state index contributed by atoms with van der Waals surface area (Å²) in [7, 11) is 1.48. The summed E-state index contributed by atoms with van der Waals surface area (Å²) in [5, 5.41) is 20.4. The maximum Gasteiger partial charge on any atom is 0.262 e. The quantitative estimate of drug-likeness (QED) is 0.638. The first-order valence-electron chi connectivity index (χ1n) is 6.78. The van der Waals surface area contributed by atoms with E-state index in [0.717, 1.165) is 12.8 Å². The van der Waals surface area contributed by atoms with Gasteiger partial charge in [-0.1, -0.05) is 6.07 Å². The van der Waals surface area contributed by atoms with Gasteiger partial charge in [0.05, 0.1) is 7.11 Å². The molecule has 0 aliphatic heterocycles. The average molecular weight is 297 g/mol. The first kappa shape index (κ1) is 15.4. The van der Waals surface area contributed by atoms with E-state index in [2.05, 4.69) is 5.32 Å². The molecule has 1 aliphatic rings. The van der Waals surface area contributed by atoms with Crippen molar-refractivity contribution in [2.45, 2.75) is 18.9 Å². The van der Waals surface area contributed by atoms with Crippen molar-refractivity contribution < 1.29 is 14.3 Å². The van der Waals surface area contributed by atoms with E-state index in [1.165, 1.54) is 13.2 Å². The zero-order valence-corrected chi connectivity index (χ0v) is 12.1. The summed E-state index contributed by atoms with van der Waals surface area (Å²) in [6.45, 7) is -0.0845. The number of nitrogens with zero attached hydrogens (tertiary/aromatic N) is 2. The third-order valence-corrected chi connectivity index (χ3v) is 3.07. The van der Waals surface area contributed by atoms with Crippen molar-refractivity contribution in [3.63, 3.8) is 0 Å². The van der Waals surface area contributed by atoms with Crippen LogP contribution in [-0.4, -0.2) is 25.7 Å². The molecule has 2 rings (SSSR count). The molecule has 1 aliphatic carbocycles. The standard InChI is InChI=1S/C16H15N3O3/c1-21-15-9-11(2-5-14(15)22-7-6-17)8-12(10-18)16(20)19-13-3-4-13/h2,5,8-9,13H,3-4,7H2,1H3,(H,19,20)/b12-8+. The van der Waals surface area contributed by atoms with Gasteiger partial charge in [-0.05, 0) is 36.6 Å². The van der Waals surface area contributed by atoms with Crippen LogP contribution in [0.2, 0.25) is 0 Å². The summed E-state index contributed by atoms with van der Waals surface area (Å²) in [6.07, 6.45) is 3.42. The summed E-state index contributed by atoms with van der Waals surface area (Å²) in [6, 6.07) is 8.95. The number of carbonyl (C=O) groups is 1. The van der Waals surface area contributed by atoms with Gasteiger partial charge < -0.3 is 14.8 Å². The monoisotopic (exact) mass is 297 g/mol. The molecule has 22 heavy (non-hydrogen) atoms. The van der Waals surface area contributed by atoms with E-state index in [9.17, 15) is 4.79 Å². The second kappa shape index (κ2) is 7.14. The first-order chi connectivity index (χ1) is 10.7. The molecule has 1 saturated carbocycles. The van der Waals surface area contributed by atoms with Crippen molar-refractivity contribution in [1.82, 2.24) is 5.32 Å². The van der Waals surface area contributed by atoms with Gasteiger partial charge in [-0.15, -0.1) is 0 Å². The lowest BCUT2D eigenvalue weighted by Crippen LogP contribution is -2.26. The van der Waals surface area contributed by atoms with Crippen LogP contribution in [0.5, 0.6) is 11.5 Å². The predicted molar refractivity (Wildman–Crippen MR) is 78.9 cm³/mol. The first-order valence-corrected chi connectivity index (χ1v) is 6.78. The van der Waals surface area contributed by atoms with Crippen molar-refractivity contribution in [3.05, 3.63) is 29.3 Å². The fraction of sp³-hybridized carbons (Fsp3) is 0.312. The van der Waals surface area contributed by atoms with Crippen LogP contribution in [0.4, 0.5) is 0 Å². The SMILES string of the molecule is COc1cc(/C=C(\C#N)C(=O)NC2CC2)ccc1OCC#N. The van der Waals surface area contributed by atoms with E-state index in [0.29, 0.717) is 17.1 Å². The summed E-state index contributed by atoms with van der Waals surface area (Å²) >= 11 is 0. The molecule has 1 amide bonds. The number of amides is 1. The highest BCUT2D eigenvalue weighted by atomic mass is 16.5. The van der Waals surface area contributed by atoms with Gasteiger partial charge in [0.25, 0.3) is 5.91 Å². The van der Waals surface area contributed by atoms with E-state index in [-0.39, 0.29) is 24.1 Å². The Labute approximate surface area is 128 Å². The van der Waals surface area contributed by atoms with E-state index >= 15 is 0 Å². The van der Waals surface area contributed by atoms with Crippen LogP contribution in [-0.2, 0) is 4.79 Å². The van der Waals surface area contributed by atoms with Crippen molar-refractivity contribution >= 4 is 12.0 Å². The molecule has 6 heteroatoms. The van der Waals surface area contributed by atoms with Crippen LogP contribution < -0.4 is 14.8 Å². The minimum absolute atomic E-state index is 0.0413. The van der Waals surface area contributed by atoms with Crippen LogP contribution in [0, 0.1) is 22.7 Å². The van der Waals surface area contributed by atoms with Gasteiger partial charge in [-0.2, -0.15) is 10.5 Å². The van der Waals surface area contributed by atoms with Gasteiger partial charge in [0.15, 0.2) is 18.1 Å². The molecule has 0 heterocycles. The highest BCUT2D eigenvalue weighted by Crippen LogP contribution is 2.29. The number of benzene rings is 1. The lowest BCUT2D eigenvalue weighted by molar-refractivity contribution is -0.117. The molecule has 0 bridgehead atoms. The van der Waals surface area contributed by atoms with Crippen molar-refractivity contribution in [2.24, 2.45) is 0 Å². The van der Waals surface area contributed by atoms with Gasteiger partial charge in [-0.25, -0.2) is 0 Å². The zero-order valence-electron chi connectivity index (χ0n) is 12.1. The molecule has 1 fully saturated rings. The number of hydrogen-bond acceptors (Lipinski definition) is 5. The summed E-state index contributed by atoms with van der Waals surface area (Å²) in [5.74, 6) is 0.500. The van der Waals surface area contributed by atoms with E-state index < -0.39 is 0 Å². The fourth-order valence-electron chi connectivity index (χ4n) is 1.81. The molecular formula is C16H15N3O3. The minimum atomic E-state index is -0.367. The Kier molecular flexibility index (Phi) is 5.00. The number of nitriles is 2. The lowest BCUT2D eigenvalue weighted by Gasteiger charge is -2.09. The Bertz CT molecular complexity index is 679. The molecule has 0 unspecified atom stereocenters. The molecule has 0 saturated heterocycles. The molecule has 0 aromatic heterocycles. The number of carbonyl (C=O) groups excluding carboxylic acids is 1. The molecule has 112 valence electrons. The predicted octanol–water partition coefficient (Wildman–Crippen LogP) is 1.78. The smallest absolute Gasteiger partial charge is 0.262 e. The van der Waals surface area contributed by atoms with Crippen LogP contribution in [0.25, 0.3) is 6.08 Å². The number of hydrogen-bond donors (Lipinski definition) is 1. The highest BCUT2D eigenvalue weighted by Gasteiger charge is 2.24. The summed E-state index contributed by atoms with van der Waals surface area (Å²) in [4.78, 5) is 11.9. The second-order valence-corrected chi connectivity index (χ2v) is 4.77. The molecule has 0 atom stereocenters. The number of methoxy groups -OCH3 is 1. The maximum absolute atomic E-state index is 11.9. The van der Waals surface area contributed by atoms with Crippen LogP contribution in [0.15, 0.2) is 23.8 Å². The van der Waals surface area contributed by atoms with Crippen LogP contribution in [0.1, 0.15) is 18.4 Å². The van der Waals surface area contributed by atoms with Crippen LogP contribution >= 0.6 is 0 Å².